The molecule has 0 spiro atoms. The first-order valence-electron chi connectivity index (χ1n) is 8.97. The molecule has 4 rings (SSSR count). The van der Waals surface area contributed by atoms with E-state index in [1.165, 1.54) is 24.2 Å². The Morgan fingerprint density at radius 1 is 1.40 bits per heavy atom. The Kier molecular flexibility index (Phi) is 4.81. The van der Waals surface area contributed by atoms with E-state index in [2.05, 4.69) is 28.4 Å². The fourth-order valence-electron chi connectivity index (χ4n) is 3.65. The van der Waals surface area contributed by atoms with Gasteiger partial charge in [0, 0.05) is 40.9 Å². The highest BCUT2D eigenvalue weighted by molar-refractivity contribution is 7.98. The third-order valence-electron chi connectivity index (χ3n) is 5.13. The van der Waals surface area contributed by atoms with E-state index >= 15 is 0 Å². The van der Waals surface area contributed by atoms with Crippen molar-refractivity contribution in [2.45, 2.75) is 42.9 Å². The Hall–Kier alpha value is -1.79. The Balaban J connectivity index is 1.41. The number of thioether (sulfide) groups is 1. The van der Waals surface area contributed by atoms with E-state index in [9.17, 15) is 4.79 Å². The van der Waals surface area contributed by atoms with Crippen molar-refractivity contribution in [3.63, 3.8) is 0 Å². The molecule has 5 nitrogen and oxygen atoms in total. The van der Waals surface area contributed by atoms with E-state index in [4.69, 9.17) is 4.52 Å². The number of fused-ring (bicyclic) bond motifs is 3. The molecule has 1 fully saturated rings. The standard InChI is InChI=1S/C19H23N3O2S/c1-13-6-4-5-10-22(13)11-9-20-19(23)17-15-12-25-16-8-3-2-7-14(16)18(15)24-21-17/h2-3,7-8,13H,4-6,9-12H2,1H3,(H,20,23)/t13-/m1/s1. The fraction of sp³-hybridized carbons (Fsp3) is 0.474. The van der Waals surface area contributed by atoms with Crippen LogP contribution >= 0.6 is 11.8 Å². The van der Waals surface area contributed by atoms with Crippen LogP contribution < -0.4 is 5.32 Å². The van der Waals surface area contributed by atoms with Gasteiger partial charge < -0.3 is 9.84 Å². The Morgan fingerprint density at radius 2 is 2.28 bits per heavy atom. The molecule has 2 aliphatic rings. The van der Waals surface area contributed by atoms with E-state index in [0.717, 1.165) is 35.7 Å². The second-order valence-corrected chi connectivity index (χ2v) is 7.78. The number of nitrogens with one attached hydrogen (secondary N) is 1. The molecular formula is C19H23N3O2S. The number of hydrogen-bond acceptors (Lipinski definition) is 5. The number of nitrogens with zero attached hydrogens (tertiary/aromatic N) is 2. The quantitative estimate of drug-likeness (QED) is 0.907. The summed E-state index contributed by atoms with van der Waals surface area (Å²) in [5, 5.41) is 7.08. The molecule has 0 unspecified atom stereocenters. The molecule has 0 bridgehead atoms. The Morgan fingerprint density at radius 3 is 3.16 bits per heavy atom. The molecule has 0 aliphatic carbocycles. The number of piperidine rings is 1. The maximum absolute atomic E-state index is 12.6. The van der Waals surface area contributed by atoms with Gasteiger partial charge in [0.15, 0.2) is 11.5 Å². The zero-order valence-electron chi connectivity index (χ0n) is 14.5. The summed E-state index contributed by atoms with van der Waals surface area (Å²) in [5.74, 6) is 1.33. The molecule has 1 atom stereocenters. The first-order chi connectivity index (χ1) is 12.2. The second kappa shape index (κ2) is 7.22. The minimum Gasteiger partial charge on any atom is -0.355 e. The lowest BCUT2D eigenvalue weighted by atomic mass is 10.0. The van der Waals surface area contributed by atoms with Crippen LogP contribution in [-0.4, -0.2) is 41.6 Å². The lowest BCUT2D eigenvalue weighted by Gasteiger charge is -2.33. The molecular weight excluding hydrogens is 334 g/mol. The van der Waals surface area contributed by atoms with E-state index in [1.54, 1.807) is 11.8 Å². The van der Waals surface area contributed by atoms with Crippen LogP contribution in [0.3, 0.4) is 0 Å². The average molecular weight is 357 g/mol. The van der Waals surface area contributed by atoms with Gasteiger partial charge in [0.1, 0.15) is 0 Å². The lowest BCUT2D eigenvalue weighted by Crippen LogP contribution is -2.42. The number of amides is 1. The van der Waals surface area contributed by atoms with Crippen LogP contribution in [0.1, 0.15) is 42.2 Å². The maximum Gasteiger partial charge on any atom is 0.273 e. The minimum absolute atomic E-state index is 0.130. The summed E-state index contributed by atoms with van der Waals surface area (Å²) < 4.78 is 5.51. The van der Waals surface area contributed by atoms with E-state index < -0.39 is 0 Å². The molecule has 0 radical (unpaired) electrons. The molecule has 25 heavy (non-hydrogen) atoms. The first kappa shape index (κ1) is 16.7. The van der Waals surface area contributed by atoms with Crippen LogP contribution in [0.15, 0.2) is 33.7 Å². The van der Waals surface area contributed by atoms with Gasteiger partial charge in [-0.05, 0) is 38.4 Å². The third kappa shape index (κ3) is 3.33. The smallest absolute Gasteiger partial charge is 0.273 e. The number of benzene rings is 1. The molecule has 3 heterocycles. The predicted octanol–water partition coefficient (Wildman–Crippen LogP) is 3.55. The normalized spacial score (nSPS) is 20.0. The molecule has 1 aromatic heterocycles. The van der Waals surface area contributed by atoms with Gasteiger partial charge in [-0.3, -0.25) is 9.69 Å². The Bertz CT molecular complexity index is 774. The van der Waals surface area contributed by atoms with Crippen LogP contribution in [-0.2, 0) is 5.75 Å². The molecule has 1 aromatic carbocycles. The average Bonchev–Trinajstić information content (AvgIpc) is 3.08. The highest BCUT2D eigenvalue weighted by Crippen LogP contribution is 2.42. The van der Waals surface area contributed by atoms with Crippen molar-refractivity contribution in [3.8, 4) is 11.3 Å². The second-order valence-electron chi connectivity index (χ2n) is 6.76. The van der Waals surface area contributed by atoms with Crippen molar-refractivity contribution in [2.75, 3.05) is 19.6 Å². The van der Waals surface area contributed by atoms with Gasteiger partial charge in [0.05, 0.1) is 0 Å². The summed E-state index contributed by atoms with van der Waals surface area (Å²) in [4.78, 5) is 16.2. The minimum atomic E-state index is -0.130. The van der Waals surface area contributed by atoms with Crippen molar-refractivity contribution < 1.29 is 9.32 Å². The molecule has 2 aromatic rings. The highest BCUT2D eigenvalue weighted by Gasteiger charge is 2.28. The van der Waals surface area contributed by atoms with E-state index in [0.29, 0.717) is 18.3 Å². The zero-order valence-corrected chi connectivity index (χ0v) is 15.3. The number of aromatic nitrogens is 1. The molecule has 1 amide bonds. The van der Waals surface area contributed by atoms with E-state index in [-0.39, 0.29) is 5.91 Å². The summed E-state index contributed by atoms with van der Waals surface area (Å²) in [7, 11) is 0. The summed E-state index contributed by atoms with van der Waals surface area (Å²) in [6.45, 7) is 4.94. The highest BCUT2D eigenvalue weighted by atomic mass is 32.2. The molecule has 2 aliphatic heterocycles. The van der Waals surface area contributed by atoms with Crippen molar-refractivity contribution in [1.82, 2.24) is 15.4 Å². The largest absolute Gasteiger partial charge is 0.355 e. The topological polar surface area (TPSA) is 58.4 Å². The predicted molar refractivity (Wildman–Crippen MR) is 98.7 cm³/mol. The Labute approximate surface area is 152 Å². The van der Waals surface area contributed by atoms with Crippen LogP contribution in [0.2, 0.25) is 0 Å². The lowest BCUT2D eigenvalue weighted by molar-refractivity contribution is 0.0929. The summed E-state index contributed by atoms with van der Waals surface area (Å²) in [5.41, 5.74) is 2.37. The monoisotopic (exact) mass is 357 g/mol. The maximum atomic E-state index is 12.6. The third-order valence-corrected chi connectivity index (χ3v) is 6.23. The fourth-order valence-corrected chi connectivity index (χ4v) is 4.71. The van der Waals surface area contributed by atoms with Gasteiger partial charge in [0.2, 0.25) is 0 Å². The van der Waals surface area contributed by atoms with Crippen LogP contribution in [0.25, 0.3) is 11.3 Å². The van der Waals surface area contributed by atoms with Gasteiger partial charge in [-0.15, -0.1) is 11.8 Å². The van der Waals surface area contributed by atoms with Gasteiger partial charge in [-0.1, -0.05) is 23.7 Å². The summed E-state index contributed by atoms with van der Waals surface area (Å²) >= 11 is 1.73. The van der Waals surface area contributed by atoms with Crippen molar-refractivity contribution in [1.29, 1.82) is 0 Å². The van der Waals surface area contributed by atoms with Gasteiger partial charge in [-0.25, -0.2) is 0 Å². The molecule has 0 saturated carbocycles. The summed E-state index contributed by atoms with van der Waals surface area (Å²) in [6.07, 6.45) is 3.82. The number of likely N-dealkylation sites (tertiary alicyclic amines) is 1. The number of rotatable bonds is 4. The molecule has 6 heteroatoms. The number of carbonyl (C=O) groups is 1. The van der Waals surface area contributed by atoms with Crippen LogP contribution in [0, 0.1) is 0 Å². The van der Waals surface area contributed by atoms with Crippen LogP contribution in [0.4, 0.5) is 0 Å². The summed E-state index contributed by atoms with van der Waals surface area (Å²) in [6, 6.07) is 8.70. The zero-order chi connectivity index (χ0) is 17.2. The van der Waals surface area contributed by atoms with Gasteiger partial charge >= 0.3 is 0 Å². The van der Waals surface area contributed by atoms with Crippen molar-refractivity contribution in [2.24, 2.45) is 0 Å². The van der Waals surface area contributed by atoms with Gasteiger partial charge in [0.25, 0.3) is 5.91 Å². The van der Waals surface area contributed by atoms with Crippen LogP contribution in [0.5, 0.6) is 0 Å². The van der Waals surface area contributed by atoms with Gasteiger partial charge in [-0.2, -0.15) is 0 Å². The molecule has 132 valence electrons. The number of hydrogen-bond donors (Lipinski definition) is 1. The molecule has 1 N–H and O–H groups in total. The van der Waals surface area contributed by atoms with Crippen molar-refractivity contribution >= 4 is 17.7 Å². The SMILES string of the molecule is C[C@@H]1CCCCN1CCNC(=O)c1noc2c1CSc1ccccc1-2. The number of carbonyl (C=O) groups excluding carboxylic acids is 1. The van der Waals surface area contributed by atoms with E-state index in [1.807, 2.05) is 18.2 Å². The van der Waals surface area contributed by atoms with Crippen molar-refractivity contribution in [3.05, 3.63) is 35.5 Å². The first-order valence-corrected chi connectivity index (χ1v) is 9.95. The molecule has 1 saturated heterocycles.